The van der Waals surface area contributed by atoms with Crippen molar-refractivity contribution in [2.24, 2.45) is 0 Å². The first-order chi connectivity index (χ1) is 13.4. The van der Waals surface area contributed by atoms with E-state index in [-0.39, 0.29) is 11.9 Å². The molecule has 0 aliphatic carbocycles. The predicted octanol–water partition coefficient (Wildman–Crippen LogP) is 2.27. The smallest absolute Gasteiger partial charge is 0.279 e. The number of allylic oxidation sites excluding steroid dienone is 1. The van der Waals surface area contributed by atoms with Gasteiger partial charge in [0.15, 0.2) is 0 Å². The van der Waals surface area contributed by atoms with Crippen molar-refractivity contribution < 1.29 is 13.6 Å². The van der Waals surface area contributed by atoms with Gasteiger partial charge < -0.3 is 15.2 Å². The van der Waals surface area contributed by atoms with Gasteiger partial charge in [-0.3, -0.25) is 10.2 Å². The molecule has 2 aromatic heterocycles. The van der Waals surface area contributed by atoms with E-state index in [1.807, 2.05) is 6.07 Å². The van der Waals surface area contributed by atoms with Crippen LogP contribution in [-0.4, -0.2) is 57.1 Å². The number of nitrogens with zero attached hydrogens (tertiary/aromatic N) is 4. The fourth-order valence-corrected chi connectivity index (χ4v) is 3.05. The van der Waals surface area contributed by atoms with Gasteiger partial charge in [-0.05, 0) is 25.0 Å². The number of carbonyl (C=O) groups excluding carboxylic acids is 1. The number of aromatic nitrogens is 4. The Morgan fingerprint density at radius 1 is 1.43 bits per heavy atom. The maximum Gasteiger partial charge on any atom is 0.279 e. The van der Waals surface area contributed by atoms with E-state index in [9.17, 15) is 13.6 Å². The molecule has 0 bridgehead atoms. The van der Waals surface area contributed by atoms with Crippen molar-refractivity contribution in [2.45, 2.75) is 32.2 Å². The molecule has 1 saturated heterocycles. The van der Waals surface area contributed by atoms with Crippen LogP contribution in [0.1, 0.15) is 25.6 Å². The summed E-state index contributed by atoms with van der Waals surface area (Å²) in [5, 5.41) is 10.1. The molecule has 10 heteroatoms. The first kappa shape index (κ1) is 19.6. The van der Waals surface area contributed by atoms with Crippen LogP contribution in [0.4, 0.5) is 14.6 Å². The van der Waals surface area contributed by atoms with Crippen molar-refractivity contribution in [2.75, 3.05) is 18.0 Å². The van der Waals surface area contributed by atoms with Crippen molar-refractivity contribution in [3.8, 4) is 11.4 Å². The number of halogens is 2. The third kappa shape index (κ3) is 4.96. The number of hydrogen-bond acceptors (Lipinski definition) is 6. The number of piperidine rings is 1. The first-order valence-electron chi connectivity index (χ1n) is 8.86. The maximum atomic E-state index is 12.4. The number of carbonyl (C=O) groups is 1. The molecular formula is C18H21F2N7O. The summed E-state index contributed by atoms with van der Waals surface area (Å²) < 4.78 is 24.7. The van der Waals surface area contributed by atoms with Gasteiger partial charge in [0.05, 0.1) is 23.3 Å². The van der Waals surface area contributed by atoms with Crippen LogP contribution in [-0.2, 0) is 4.79 Å². The zero-order chi connectivity index (χ0) is 20.1. The number of hydrogen-bond donors (Lipinski definition) is 3. The second-order valence-electron chi connectivity index (χ2n) is 6.52. The lowest BCUT2D eigenvalue weighted by molar-refractivity contribution is -0.119. The van der Waals surface area contributed by atoms with E-state index in [0.29, 0.717) is 23.8 Å². The summed E-state index contributed by atoms with van der Waals surface area (Å²) in [7, 11) is 0. The van der Waals surface area contributed by atoms with E-state index < -0.39 is 12.1 Å². The van der Waals surface area contributed by atoms with Gasteiger partial charge in [0.1, 0.15) is 18.0 Å². The highest BCUT2D eigenvalue weighted by molar-refractivity contribution is 5.97. The molecule has 0 spiro atoms. The Morgan fingerprint density at radius 3 is 3.00 bits per heavy atom. The Bertz CT molecular complexity index is 880. The van der Waals surface area contributed by atoms with Gasteiger partial charge in [-0.1, -0.05) is 0 Å². The van der Waals surface area contributed by atoms with E-state index in [1.54, 1.807) is 6.20 Å². The van der Waals surface area contributed by atoms with Crippen LogP contribution in [0.25, 0.3) is 17.5 Å². The molecule has 1 aliphatic heterocycles. The molecule has 3 N–H and O–H groups in total. The van der Waals surface area contributed by atoms with Crippen LogP contribution >= 0.6 is 0 Å². The number of nitrogens with one attached hydrogen (secondary N) is 3. The number of alkyl halides is 2. The molecule has 1 fully saturated rings. The quantitative estimate of drug-likeness (QED) is 0.657. The standard InChI is InChI=1S/C18H21F2N7O/c1-11(28)25-12-3-2-6-27(9-12)17-7-14(23-10-24-17)15-8-22-16(26-15)5-4-13(21)18(19)20/h4-5,7-8,10,12,18,21H,2-3,6,9H2,1H3,(H,22,26)(H,25,28)/b5-4-,21-13?. The van der Waals surface area contributed by atoms with Gasteiger partial charge in [-0.15, -0.1) is 0 Å². The zero-order valence-corrected chi connectivity index (χ0v) is 15.3. The molecular weight excluding hydrogens is 368 g/mol. The Hall–Kier alpha value is -3.17. The summed E-state index contributed by atoms with van der Waals surface area (Å²) in [4.78, 5) is 29.1. The lowest BCUT2D eigenvalue weighted by Crippen LogP contribution is -2.47. The van der Waals surface area contributed by atoms with Crippen molar-refractivity contribution in [3.05, 3.63) is 30.5 Å². The number of imidazole rings is 1. The van der Waals surface area contributed by atoms with Crippen LogP contribution in [0.15, 0.2) is 24.7 Å². The van der Waals surface area contributed by atoms with E-state index in [2.05, 4.69) is 30.2 Å². The molecule has 28 heavy (non-hydrogen) atoms. The SMILES string of the molecule is CC(=O)NC1CCCN(c2cc(-c3cnc(/C=C\C(=N)C(F)F)[nH]3)ncn2)C1. The molecule has 0 aromatic carbocycles. The molecule has 1 atom stereocenters. The summed E-state index contributed by atoms with van der Waals surface area (Å²) in [5.74, 6) is 1.05. The van der Waals surface area contributed by atoms with Crippen LogP contribution in [0.5, 0.6) is 0 Å². The molecule has 2 aromatic rings. The predicted molar refractivity (Wildman–Crippen MR) is 101 cm³/mol. The average Bonchev–Trinajstić information content (AvgIpc) is 3.15. The lowest BCUT2D eigenvalue weighted by atomic mass is 10.1. The summed E-state index contributed by atoms with van der Waals surface area (Å²) in [6.07, 6.45) is 4.39. The summed E-state index contributed by atoms with van der Waals surface area (Å²) in [6, 6.07) is 1.90. The second-order valence-corrected chi connectivity index (χ2v) is 6.52. The second kappa shape index (κ2) is 8.68. The average molecular weight is 389 g/mol. The molecule has 1 unspecified atom stereocenters. The van der Waals surface area contributed by atoms with E-state index >= 15 is 0 Å². The van der Waals surface area contributed by atoms with E-state index in [4.69, 9.17) is 5.41 Å². The Kier molecular flexibility index (Phi) is 6.07. The van der Waals surface area contributed by atoms with Gasteiger partial charge in [0, 0.05) is 32.1 Å². The summed E-state index contributed by atoms with van der Waals surface area (Å²) in [6.45, 7) is 3.01. The van der Waals surface area contributed by atoms with Crippen LogP contribution in [0, 0.1) is 5.41 Å². The van der Waals surface area contributed by atoms with Crippen molar-refractivity contribution in [1.29, 1.82) is 5.41 Å². The van der Waals surface area contributed by atoms with Gasteiger partial charge >= 0.3 is 0 Å². The van der Waals surface area contributed by atoms with Crippen molar-refractivity contribution in [3.63, 3.8) is 0 Å². The highest BCUT2D eigenvalue weighted by atomic mass is 19.3. The molecule has 8 nitrogen and oxygen atoms in total. The number of aromatic amines is 1. The lowest BCUT2D eigenvalue weighted by Gasteiger charge is -2.33. The van der Waals surface area contributed by atoms with Crippen LogP contribution in [0.3, 0.4) is 0 Å². The largest absolute Gasteiger partial charge is 0.354 e. The number of amides is 1. The number of rotatable bonds is 6. The molecule has 1 aliphatic rings. The molecule has 148 valence electrons. The fourth-order valence-electron chi connectivity index (χ4n) is 3.05. The van der Waals surface area contributed by atoms with E-state index in [1.165, 1.54) is 19.3 Å². The molecule has 0 radical (unpaired) electrons. The molecule has 0 saturated carbocycles. The van der Waals surface area contributed by atoms with Crippen molar-refractivity contribution in [1.82, 2.24) is 25.3 Å². The Labute approximate surface area is 160 Å². The minimum Gasteiger partial charge on any atom is -0.354 e. The normalized spacial score (nSPS) is 17.3. The maximum absolute atomic E-state index is 12.4. The number of anilines is 1. The minimum atomic E-state index is -2.82. The van der Waals surface area contributed by atoms with Gasteiger partial charge in [-0.25, -0.2) is 23.7 Å². The fraction of sp³-hybridized carbons (Fsp3) is 0.389. The van der Waals surface area contributed by atoms with Crippen LogP contribution in [0.2, 0.25) is 0 Å². The minimum absolute atomic E-state index is 0.0480. The van der Waals surface area contributed by atoms with E-state index in [0.717, 1.165) is 31.3 Å². The Morgan fingerprint density at radius 2 is 2.25 bits per heavy atom. The first-order valence-corrected chi connectivity index (χ1v) is 8.86. The van der Waals surface area contributed by atoms with Gasteiger partial charge in [0.2, 0.25) is 5.91 Å². The highest BCUT2D eigenvalue weighted by Gasteiger charge is 2.22. The van der Waals surface area contributed by atoms with Gasteiger partial charge in [-0.2, -0.15) is 0 Å². The third-order valence-electron chi connectivity index (χ3n) is 4.33. The van der Waals surface area contributed by atoms with Crippen molar-refractivity contribution >= 4 is 23.5 Å². The van der Waals surface area contributed by atoms with Crippen LogP contribution < -0.4 is 10.2 Å². The number of H-pyrrole nitrogens is 1. The molecule has 1 amide bonds. The topological polar surface area (TPSA) is 111 Å². The molecule has 3 heterocycles. The highest BCUT2D eigenvalue weighted by Crippen LogP contribution is 2.22. The third-order valence-corrected chi connectivity index (χ3v) is 4.33. The Balaban J connectivity index is 1.73. The molecule has 3 rings (SSSR count). The monoisotopic (exact) mass is 389 g/mol. The zero-order valence-electron chi connectivity index (χ0n) is 15.3. The summed E-state index contributed by atoms with van der Waals surface area (Å²) in [5.41, 5.74) is 0.450. The summed E-state index contributed by atoms with van der Waals surface area (Å²) >= 11 is 0. The van der Waals surface area contributed by atoms with Gasteiger partial charge in [0.25, 0.3) is 6.43 Å².